The highest BCUT2D eigenvalue weighted by molar-refractivity contribution is 7.92. The van der Waals surface area contributed by atoms with Crippen molar-refractivity contribution in [3.05, 3.63) is 106 Å². The Bertz CT molecular complexity index is 1510. The minimum absolute atomic E-state index is 0.000969. The van der Waals surface area contributed by atoms with E-state index in [1.807, 2.05) is 30.3 Å². The van der Waals surface area contributed by atoms with Crippen molar-refractivity contribution in [2.75, 3.05) is 10.0 Å². The first-order valence-electron chi connectivity index (χ1n) is 10.6. The van der Waals surface area contributed by atoms with Crippen LogP contribution >= 0.6 is 0 Å². The molecule has 4 rings (SSSR count). The minimum atomic E-state index is -3.89. The molecule has 0 aliphatic rings. The van der Waals surface area contributed by atoms with Crippen molar-refractivity contribution >= 4 is 27.4 Å². The molecular formula is C24H22N6O4S. The maximum absolute atomic E-state index is 12.7. The summed E-state index contributed by atoms with van der Waals surface area (Å²) in [5.74, 6) is 0.0843. The lowest BCUT2D eigenvalue weighted by molar-refractivity contribution is 0.102. The van der Waals surface area contributed by atoms with Crippen molar-refractivity contribution in [1.82, 2.24) is 19.7 Å². The lowest BCUT2D eigenvalue weighted by Gasteiger charge is -2.10. The van der Waals surface area contributed by atoms with Crippen LogP contribution < -0.4 is 15.6 Å². The summed E-state index contributed by atoms with van der Waals surface area (Å²) >= 11 is 0. The summed E-state index contributed by atoms with van der Waals surface area (Å²) in [6, 6.07) is 19.1. The van der Waals surface area contributed by atoms with Crippen LogP contribution in [0.2, 0.25) is 0 Å². The third-order valence-corrected chi connectivity index (χ3v) is 6.27. The van der Waals surface area contributed by atoms with Crippen LogP contribution in [-0.4, -0.2) is 34.1 Å². The molecule has 2 aromatic heterocycles. The van der Waals surface area contributed by atoms with Gasteiger partial charge in [0.15, 0.2) is 0 Å². The molecule has 2 aromatic carbocycles. The molecule has 0 radical (unpaired) electrons. The van der Waals surface area contributed by atoms with Crippen LogP contribution in [-0.2, 0) is 16.6 Å². The number of nitrogens with zero attached hydrogens (tertiary/aromatic N) is 4. The zero-order valence-electron chi connectivity index (χ0n) is 19.0. The predicted octanol–water partition coefficient (Wildman–Crippen LogP) is 2.75. The number of sulfonamides is 1. The van der Waals surface area contributed by atoms with E-state index in [9.17, 15) is 18.0 Å². The number of aromatic nitrogens is 4. The lowest BCUT2D eigenvalue weighted by atomic mass is 10.2. The van der Waals surface area contributed by atoms with Gasteiger partial charge in [-0.15, -0.1) is 0 Å². The molecular weight excluding hydrogens is 468 g/mol. The van der Waals surface area contributed by atoms with Crippen LogP contribution in [0.25, 0.3) is 0 Å². The van der Waals surface area contributed by atoms with Crippen molar-refractivity contribution in [3.8, 4) is 0 Å². The van der Waals surface area contributed by atoms with E-state index in [1.165, 1.54) is 47.1 Å². The zero-order chi connectivity index (χ0) is 25.0. The van der Waals surface area contributed by atoms with Gasteiger partial charge in [-0.3, -0.25) is 14.3 Å². The Balaban J connectivity index is 1.47. The average molecular weight is 491 g/mol. The van der Waals surface area contributed by atoms with E-state index >= 15 is 0 Å². The molecule has 0 saturated heterocycles. The molecule has 2 N–H and O–H groups in total. The van der Waals surface area contributed by atoms with E-state index in [-0.39, 0.29) is 28.5 Å². The quantitative estimate of drug-likeness (QED) is 0.406. The number of anilines is 2. The largest absolute Gasteiger partial charge is 0.321 e. The fourth-order valence-electron chi connectivity index (χ4n) is 3.32. The summed E-state index contributed by atoms with van der Waals surface area (Å²) in [6.45, 7) is 3.64. The molecule has 0 aliphatic carbocycles. The number of benzene rings is 2. The minimum Gasteiger partial charge on any atom is -0.321 e. The van der Waals surface area contributed by atoms with Crippen LogP contribution in [0.1, 0.15) is 27.6 Å². The van der Waals surface area contributed by atoms with Crippen molar-refractivity contribution in [3.63, 3.8) is 0 Å². The second-order valence-corrected chi connectivity index (χ2v) is 9.41. The van der Waals surface area contributed by atoms with Gasteiger partial charge in [0.1, 0.15) is 17.3 Å². The summed E-state index contributed by atoms with van der Waals surface area (Å²) < 4.78 is 29.0. The molecule has 178 valence electrons. The van der Waals surface area contributed by atoms with Crippen LogP contribution in [0.3, 0.4) is 0 Å². The summed E-state index contributed by atoms with van der Waals surface area (Å²) in [6.07, 6.45) is 0. The average Bonchev–Trinajstić information content (AvgIpc) is 2.80. The van der Waals surface area contributed by atoms with E-state index in [1.54, 1.807) is 13.8 Å². The Morgan fingerprint density at radius 3 is 2.34 bits per heavy atom. The molecule has 0 spiro atoms. The van der Waals surface area contributed by atoms with Gasteiger partial charge in [-0.25, -0.2) is 23.1 Å². The first-order valence-corrected chi connectivity index (χ1v) is 12.1. The van der Waals surface area contributed by atoms with Gasteiger partial charge in [-0.05, 0) is 49.7 Å². The summed E-state index contributed by atoms with van der Waals surface area (Å²) in [4.78, 5) is 33.0. The highest BCUT2D eigenvalue weighted by Gasteiger charge is 2.16. The van der Waals surface area contributed by atoms with Gasteiger partial charge in [-0.1, -0.05) is 30.3 Å². The maximum Gasteiger partial charge on any atom is 0.276 e. The fourth-order valence-corrected chi connectivity index (χ4v) is 4.31. The molecule has 0 atom stereocenters. The van der Waals surface area contributed by atoms with Gasteiger partial charge in [0.2, 0.25) is 0 Å². The first kappa shape index (κ1) is 23.8. The molecule has 0 unspecified atom stereocenters. The van der Waals surface area contributed by atoms with Gasteiger partial charge >= 0.3 is 0 Å². The Morgan fingerprint density at radius 2 is 1.66 bits per heavy atom. The summed E-state index contributed by atoms with van der Waals surface area (Å²) in [7, 11) is -3.89. The first-order chi connectivity index (χ1) is 16.7. The molecule has 11 heteroatoms. The number of nitrogens with one attached hydrogen (secondary N) is 2. The number of aryl methyl sites for hydroxylation is 2. The molecule has 10 nitrogen and oxygen atoms in total. The van der Waals surface area contributed by atoms with E-state index in [0.29, 0.717) is 17.2 Å². The van der Waals surface area contributed by atoms with Crippen LogP contribution in [0.4, 0.5) is 11.5 Å². The Labute approximate surface area is 201 Å². The van der Waals surface area contributed by atoms with Gasteiger partial charge in [-0.2, -0.15) is 5.10 Å². The van der Waals surface area contributed by atoms with E-state index < -0.39 is 15.9 Å². The number of carbonyl (C=O) groups excluding carboxylic acids is 1. The van der Waals surface area contributed by atoms with Crippen molar-refractivity contribution in [2.45, 2.75) is 25.3 Å². The topological polar surface area (TPSA) is 136 Å². The molecule has 0 bridgehead atoms. The van der Waals surface area contributed by atoms with E-state index in [4.69, 9.17) is 0 Å². The smallest absolute Gasteiger partial charge is 0.276 e. The molecule has 2 heterocycles. The highest BCUT2D eigenvalue weighted by atomic mass is 32.2. The van der Waals surface area contributed by atoms with Crippen molar-refractivity contribution in [1.29, 1.82) is 0 Å². The van der Waals surface area contributed by atoms with Gasteiger partial charge < -0.3 is 5.32 Å². The van der Waals surface area contributed by atoms with Gasteiger partial charge in [0, 0.05) is 23.5 Å². The molecule has 0 saturated carbocycles. The van der Waals surface area contributed by atoms with Crippen LogP contribution in [0, 0.1) is 13.8 Å². The molecule has 0 aliphatic heterocycles. The number of hydrogen-bond acceptors (Lipinski definition) is 7. The summed E-state index contributed by atoms with van der Waals surface area (Å²) in [5.41, 5.74) is 1.59. The molecule has 35 heavy (non-hydrogen) atoms. The summed E-state index contributed by atoms with van der Waals surface area (Å²) in [5, 5.41) is 6.82. The van der Waals surface area contributed by atoms with Crippen molar-refractivity contribution < 1.29 is 13.2 Å². The normalized spacial score (nSPS) is 11.1. The Morgan fingerprint density at radius 1 is 0.943 bits per heavy atom. The maximum atomic E-state index is 12.7. The number of amides is 1. The van der Waals surface area contributed by atoms with Crippen LogP contribution in [0.15, 0.2) is 82.5 Å². The Hall–Kier alpha value is -4.38. The highest BCUT2D eigenvalue weighted by Crippen LogP contribution is 2.18. The number of rotatable bonds is 7. The van der Waals surface area contributed by atoms with E-state index in [2.05, 4.69) is 25.1 Å². The predicted molar refractivity (Wildman–Crippen MR) is 131 cm³/mol. The van der Waals surface area contributed by atoms with Gasteiger partial charge in [0.25, 0.3) is 21.5 Å². The Kier molecular flexibility index (Phi) is 6.69. The van der Waals surface area contributed by atoms with Crippen molar-refractivity contribution in [2.24, 2.45) is 0 Å². The lowest BCUT2D eigenvalue weighted by Crippen LogP contribution is -2.26. The standard InChI is InChI=1S/C24H22N6O4S/c1-16-14-22(26-17(2)25-16)29-35(33,34)20-10-8-19(9-11-20)27-24(32)21-12-13-23(31)30(28-21)15-18-6-4-3-5-7-18/h3-14H,15H2,1-2H3,(H,27,32)(H,25,26,29). The second kappa shape index (κ2) is 9.85. The fraction of sp³-hybridized carbons (Fsp3) is 0.125. The molecule has 0 fully saturated rings. The zero-order valence-corrected chi connectivity index (χ0v) is 19.8. The van der Waals surface area contributed by atoms with Crippen LogP contribution in [0.5, 0.6) is 0 Å². The molecule has 4 aromatic rings. The monoisotopic (exact) mass is 490 g/mol. The second-order valence-electron chi connectivity index (χ2n) is 7.73. The third-order valence-electron chi connectivity index (χ3n) is 4.90. The SMILES string of the molecule is Cc1cc(NS(=O)(=O)c2ccc(NC(=O)c3ccc(=O)n(Cc4ccccc4)n3)cc2)nc(C)n1. The van der Waals surface area contributed by atoms with Gasteiger partial charge in [0.05, 0.1) is 11.4 Å². The number of hydrogen-bond donors (Lipinski definition) is 2. The molecule has 1 amide bonds. The van der Waals surface area contributed by atoms with E-state index in [0.717, 1.165) is 5.56 Å². The third kappa shape index (κ3) is 5.95. The number of carbonyl (C=O) groups is 1.